The summed E-state index contributed by atoms with van der Waals surface area (Å²) in [4.78, 5) is 6.65. The fraction of sp³-hybridized carbons (Fsp3) is 0.650. The first-order valence-corrected chi connectivity index (χ1v) is 9.68. The molecule has 1 unspecified atom stereocenters. The maximum atomic E-state index is 5.77. The van der Waals surface area contributed by atoms with Crippen LogP contribution in [0.1, 0.15) is 25.3 Å². The third-order valence-electron chi connectivity index (χ3n) is 4.50. The van der Waals surface area contributed by atoms with E-state index >= 15 is 0 Å². The van der Waals surface area contributed by atoms with Crippen molar-refractivity contribution in [1.29, 1.82) is 0 Å². The Morgan fingerprint density at radius 2 is 2.15 bits per heavy atom. The average Bonchev–Trinajstić information content (AvgIpc) is 3.16. The Labute approximate surface area is 181 Å². The Bertz CT molecular complexity index is 551. The third kappa shape index (κ3) is 9.12. The van der Waals surface area contributed by atoms with E-state index < -0.39 is 0 Å². The van der Waals surface area contributed by atoms with Gasteiger partial charge in [0.1, 0.15) is 0 Å². The number of hydrogen-bond acceptors (Lipinski definition) is 4. The number of likely N-dealkylation sites (N-methyl/N-ethyl adjacent to an activating group) is 1. The van der Waals surface area contributed by atoms with E-state index in [1.165, 1.54) is 11.3 Å². The standard InChI is InChI=1S/C20H34N4O2.HI/c1-4-24(18-8-5-7-17(2)15-18)12-11-23-20(21-3)22-10-6-13-26-19-9-14-25-16-19;/h5,7-8,15,19H,4,6,9-14,16H2,1-3H3,(H2,21,22,23);1H. The summed E-state index contributed by atoms with van der Waals surface area (Å²) in [6, 6.07) is 8.64. The SMILES string of the molecule is CCN(CCNC(=NC)NCCCOC1CCOC1)c1cccc(C)c1.I. The number of hydrogen-bond donors (Lipinski definition) is 2. The molecule has 2 rings (SSSR count). The van der Waals surface area contributed by atoms with E-state index in [9.17, 15) is 0 Å². The average molecular weight is 490 g/mol. The van der Waals surface area contributed by atoms with Gasteiger partial charge >= 0.3 is 0 Å². The van der Waals surface area contributed by atoms with Crippen LogP contribution in [0.3, 0.4) is 0 Å². The van der Waals surface area contributed by atoms with Crippen LogP contribution in [0.15, 0.2) is 29.3 Å². The van der Waals surface area contributed by atoms with Gasteiger partial charge in [0.2, 0.25) is 0 Å². The smallest absolute Gasteiger partial charge is 0.191 e. The highest BCUT2D eigenvalue weighted by Gasteiger charge is 2.15. The van der Waals surface area contributed by atoms with Gasteiger partial charge in [-0.3, -0.25) is 4.99 Å². The molecule has 0 spiro atoms. The lowest BCUT2D eigenvalue weighted by molar-refractivity contribution is 0.0420. The zero-order valence-electron chi connectivity index (χ0n) is 16.9. The van der Waals surface area contributed by atoms with Crippen molar-refractivity contribution in [3.05, 3.63) is 29.8 Å². The molecule has 27 heavy (non-hydrogen) atoms. The van der Waals surface area contributed by atoms with Crippen molar-refractivity contribution in [2.45, 2.75) is 32.8 Å². The van der Waals surface area contributed by atoms with E-state index in [4.69, 9.17) is 9.47 Å². The summed E-state index contributed by atoms with van der Waals surface area (Å²) in [6.07, 6.45) is 2.27. The summed E-state index contributed by atoms with van der Waals surface area (Å²) in [7, 11) is 1.81. The van der Waals surface area contributed by atoms with Gasteiger partial charge < -0.3 is 25.0 Å². The summed E-state index contributed by atoms with van der Waals surface area (Å²) in [5.41, 5.74) is 2.56. The van der Waals surface area contributed by atoms with E-state index in [0.717, 1.165) is 64.8 Å². The molecule has 0 bridgehead atoms. The Kier molecular flexibility index (Phi) is 12.4. The largest absolute Gasteiger partial charge is 0.379 e. The van der Waals surface area contributed by atoms with E-state index in [0.29, 0.717) is 0 Å². The van der Waals surface area contributed by atoms with Crippen LogP contribution in [0, 0.1) is 6.92 Å². The molecular formula is C20H35IN4O2. The van der Waals surface area contributed by atoms with Crippen LogP contribution >= 0.6 is 24.0 Å². The van der Waals surface area contributed by atoms with Crippen molar-refractivity contribution in [1.82, 2.24) is 10.6 Å². The van der Waals surface area contributed by atoms with Crippen molar-refractivity contribution in [3.8, 4) is 0 Å². The topological polar surface area (TPSA) is 58.1 Å². The summed E-state index contributed by atoms with van der Waals surface area (Å²) in [5, 5.41) is 6.73. The fourth-order valence-electron chi connectivity index (χ4n) is 3.00. The van der Waals surface area contributed by atoms with Crippen LogP contribution in [-0.2, 0) is 9.47 Å². The molecule has 1 aliphatic heterocycles. The molecular weight excluding hydrogens is 455 g/mol. The fourth-order valence-corrected chi connectivity index (χ4v) is 3.00. The number of guanidine groups is 1. The molecule has 1 aromatic carbocycles. The van der Waals surface area contributed by atoms with Crippen molar-refractivity contribution < 1.29 is 9.47 Å². The van der Waals surface area contributed by atoms with Gasteiger partial charge in [0.25, 0.3) is 0 Å². The van der Waals surface area contributed by atoms with Crippen LogP contribution in [0.4, 0.5) is 5.69 Å². The Morgan fingerprint density at radius 1 is 1.33 bits per heavy atom. The van der Waals surface area contributed by atoms with Crippen LogP contribution in [0.5, 0.6) is 0 Å². The second-order valence-electron chi connectivity index (χ2n) is 6.55. The number of aryl methyl sites for hydroxylation is 1. The van der Waals surface area contributed by atoms with Crippen molar-refractivity contribution in [2.75, 3.05) is 57.9 Å². The van der Waals surface area contributed by atoms with E-state index in [-0.39, 0.29) is 30.1 Å². The second-order valence-corrected chi connectivity index (χ2v) is 6.55. The number of ether oxygens (including phenoxy) is 2. The zero-order valence-corrected chi connectivity index (χ0v) is 19.2. The number of aliphatic imine (C=N–C) groups is 1. The molecule has 6 nitrogen and oxygen atoms in total. The monoisotopic (exact) mass is 490 g/mol. The van der Waals surface area contributed by atoms with Gasteiger partial charge in [0.05, 0.1) is 12.7 Å². The number of halogens is 1. The zero-order chi connectivity index (χ0) is 18.6. The molecule has 2 N–H and O–H groups in total. The number of rotatable bonds is 10. The minimum absolute atomic E-state index is 0. The van der Waals surface area contributed by atoms with Gasteiger partial charge in [-0.1, -0.05) is 12.1 Å². The highest BCUT2D eigenvalue weighted by atomic mass is 127. The minimum atomic E-state index is 0. The highest BCUT2D eigenvalue weighted by molar-refractivity contribution is 14.0. The van der Waals surface area contributed by atoms with Crippen LogP contribution < -0.4 is 15.5 Å². The van der Waals surface area contributed by atoms with Gasteiger partial charge in [0, 0.05) is 52.1 Å². The quantitative estimate of drug-likeness (QED) is 0.229. The molecule has 7 heteroatoms. The molecule has 1 fully saturated rings. The molecule has 1 aliphatic rings. The predicted molar refractivity (Wildman–Crippen MR) is 124 cm³/mol. The summed E-state index contributed by atoms with van der Waals surface area (Å²) in [6.45, 7) is 10.3. The first-order valence-electron chi connectivity index (χ1n) is 9.68. The highest BCUT2D eigenvalue weighted by Crippen LogP contribution is 2.14. The van der Waals surface area contributed by atoms with Crippen LogP contribution in [-0.4, -0.2) is 65.1 Å². The first kappa shape index (κ1) is 24.0. The Hall–Kier alpha value is -1.06. The van der Waals surface area contributed by atoms with Gasteiger partial charge in [0.15, 0.2) is 5.96 Å². The van der Waals surface area contributed by atoms with Crippen LogP contribution in [0.25, 0.3) is 0 Å². The van der Waals surface area contributed by atoms with E-state index in [1.54, 1.807) is 7.05 Å². The molecule has 0 aromatic heterocycles. The molecule has 0 radical (unpaired) electrons. The minimum Gasteiger partial charge on any atom is -0.379 e. The van der Waals surface area contributed by atoms with Gasteiger partial charge in [-0.2, -0.15) is 0 Å². The molecule has 1 heterocycles. The molecule has 0 aliphatic carbocycles. The number of benzene rings is 1. The van der Waals surface area contributed by atoms with E-state index in [1.807, 2.05) is 0 Å². The summed E-state index contributed by atoms with van der Waals surface area (Å²) < 4.78 is 11.1. The summed E-state index contributed by atoms with van der Waals surface area (Å²) >= 11 is 0. The third-order valence-corrected chi connectivity index (χ3v) is 4.50. The normalized spacial score (nSPS) is 16.7. The first-order chi connectivity index (χ1) is 12.7. The van der Waals surface area contributed by atoms with E-state index in [2.05, 4.69) is 58.6 Å². The molecule has 0 amide bonds. The Morgan fingerprint density at radius 3 is 2.81 bits per heavy atom. The molecule has 0 saturated carbocycles. The Balaban J connectivity index is 0.00000364. The lowest BCUT2D eigenvalue weighted by atomic mass is 10.2. The maximum absolute atomic E-state index is 5.77. The van der Waals surface area contributed by atoms with Crippen LogP contribution in [0.2, 0.25) is 0 Å². The molecule has 1 atom stereocenters. The lowest BCUT2D eigenvalue weighted by Crippen LogP contribution is -2.42. The van der Waals surface area contributed by atoms with Gasteiger partial charge in [-0.25, -0.2) is 0 Å². The number of nitrogens with one attached hydrogen (secondary N) is 2. The van der Waals surface area contributed by atoms with Gasteiger partial charge in [-0.15, -0.1) is 24.0 Å². The maximum Gasteiger partial charge on any atom is 0.191 e. The number of nitrogens with zero attached hydrogens (tertiary/aromatic N) is 2. The number of anilines is 1. The molecule has 1 saturated heterocycles. The van der Waals surface area contributed by atoms with Crippen molar-refractivity contribution in [3.63, 3.8) is 0 Å². The molecule has 1 aromatic rings. The van der Waals surface area contributed by atoms with Crippen molar-refractivity contribution in [2.24, 2.45) is 4.99 Å². The lowest BCUT2D eigenvalue weighted by Gasteiger charge is -2.24. The predicted octanol–water partition coefficient (Wildman–Crippen LogP) is 2.80. The van der Waals surface area contributed by atoms with Crippen molar-refractivity contribution >= 4 is 35.6 Å². The molecule has 154 valence electrons. The van der Waals surface area contributed by atoms with Gasteiger partial charge in [-0.05, 0) is 44.4 Å². The second kappa shape index (κ2) is 14.0. The summed E-state index contributed by atoms with van der Waals surface area (Å²) in [5.74, 6) is 0.842.